The number of anilines is 1. The second kappa shape index (κ2) is 9.08. The molecule has 0 unspecified atom stereocenters. The highest BCUT2D eigenvalue weighted by molar-refractivity contribution is 7.99. The molecule has 0 amide bonds. The van der Waals surface area contributed by atoms with Crippen LogP contribution >= 0.6 is 11.8 Å². The number of aromatic nitrogens is 3. The summed E-state index contributed by atoms with van der Waals surface area (Å²) in [4.78, 5) is 21.9. The molecule has 2 aromatic heterocycles. The zero-order valence-corrected chi connectivity index (χ0v) is 20.0. The van der Waals surface area contributed by atoms with E-state index in [1.165, 1.54) is 27.4 Å². The van der Waals surface area contributed by atoms with Crippen LogP contribution in [0.4, 0.5) is 14.7 Å². The fourth-order valence-corrected chi connectivity index (χ4v) is 6.15. The number of nitrogens with one attached hydrogen (secondary N) is 1. The smallest absolute Gasteiger partial charge is 0.289 e. The number of alkyl halides is 2. The number of hydrogen-bond acceptors (Lipinski definition) is 8. The Morgan fingerprint density at radius 2 is 2.00 bits per heavy atom. The van der Waals surface area contributed by atoms with Crippen molar-refractivity contribution in [2.75, 3.05) is 24.7 Å². The standard InChI is InChI=1S/C20H27F2N5O4S2/c1-20(29)7-3-4-15(20)27-16-12(10-14(17(27)28)32-18(21)22)11-23-19(25-16)24-13-5-8-26(9-6-13)33(2,30)31/h10-11,13,15,18,29H,3-9H2,1-2H3,(H,23,24,25)/t15-,20-/m1/s1. The van der Waals surface area contributed by atoms with Gasteiger partial charge in [0.25, 0.3) is 11.3 Å². The maximum absolute atomic E-state index is 13.2. The van der Waals surface area contributed by atoms with E-state index >= 15 is 0 Å². The Balaban J connectivity index is 1.69. The average molecular weight is 504 g/mol. The Morgan fingerprint density at radius 3 is 2.58 bits per heavy atom. The van der Waals surface area contributed by atoms with Gasteiger partial charge in [-0.05, 0) is 56.9 Å². The molecular formula is C20H27F2N5O4S2. The van der Waals surface area contributed by atoms with Gasteiger partial charge in [-0.25, -0.2) is 17.7 Å². The van der Waals surface area contributed by atoms with Crippen LogP contribution in [0.2, 0.25) is 0 Å². The Bertz CT molecular complexity index is 1200. The SMILES string of the molecule is C[C@@]1(O)CCC[C@H]1n1c(=O)c(SC(F)F)cc2cnc(NC3CCN(S(C)(=O)=O)CC3)nc21. The van der Waals surface area contributed by atoms with E-state index in [-0.39, 0.29) is 34.3 Å². The molecule has 0 spiro atoms. The van der Waals surface area contributed by atoms with Crippen molar-refractivity contribution in [3.63, 3.8) is 0 Å². The van der Waals surface area contributed by atoms with Crippen LogP contribution in [0.5, 0.6) is 0 Å². The van der Waals surface area contributed by atoms with Gasteiger partial charge in [0, 0.05) is 30.7 Å². The first-order valence-corrected chi connectivity index (χ1v) is 13.5. The lowest BCUT2D eigenvalue weighted by atomic mass is 10.00. The molecule has 1 saturated carbocycles. The summed E-state index contributed by atoms with van der Waals surface area (Å²) in [6, 6.07) is 0.721. The monoisotopic (exact) mass is 503 g/mol. The first-order valence-electron chi connectivity index (χ1n) is 10.8. The first kappa shape index (κ1) is 24.3. The van der Waals surface area contributed by atoms with Crippen LogP contribution in [0.25, 0.3) is 11.0 Å². The summed E-state index contributed by atoms with van der Waals surface area (Å²) in [6.07, 6.45) is 5.53. The minimum absolute atomic E-state index is 0.0520. The van der Waals surface area contributed by atoms with Gasteiger partial charge in [0.2, 0.25) is 16.0 Å². The fraction of sp³-hybridized carbons (Fsp3) is 0.650. The summed E-state index contributed by atoms with van der Waals surface area (Å²) in [7, 11) is -3.24. The minimum Gasteiger partial charge on any atom is -0.388 e. The number of aliphatic hydroxyl groups is 1. The van der Waals surface area contributed by atoms with Gasteiger partial charge in [0.05, 0.1) is 22.8 Å². The Morgan fingerprint density at radius 1 is 1.30 bits per heavy atom. The van der Waals surface area contributed by atoms with E-state index in [4.69, 9.17) is 0 Å². The molecule has 2 aromatic rings. The zero-order chi connectivity index (χ0) is 24.0. The number of fused-ring (bicyclic) bond motifs is 1. The maximum atomic E-state index is 13.2. The summed E-state index contributed by atoms with van der Waals surface area (Å²) >= 11 is 0.175. The second-order valence-corrected chi connectivity index (χ2v) is 11.9. The summed E-state index contributed by atoms with van der Waals surface area (Å²) in [5.41, 5.74) is -1.50. The van der Waals surface area contributed by atoms with Gasteiger partial charge >= 0.3 is 0 Å². The quantitative estimate of drug-likeness (QED) is 0.577. The van der Waals surface area contributed by atoms with E-state index < -0.39 is 33.0 Å². The number of piperidine rings is 1. The highest BCUT2D eigenvalue weighted by Gasteiger charge is 2.40. The van der Waals surface area contributed by atoms with Crippen LogP contribution in [0.3, 0.4) is 0 Å². The molecule has 13 heteroatoms. The first-order chi connectivity index (χ1) is 15.5. The van der Waals surface area contributed by atoms with Crippen molar-refractivity contribution in [2.24, 2.45) is 0 Å². The molecule has 182 valence electrons. The van der Waals surface area contributed by atoms with Crippen LogP contribution in [0, 0.1) is 0 Å². The van der Waals surface area contributed by atoms with Crippen molar-refractivity contribution in [1.29, 1.82) is 0 Å². The molecule has 2 atom stereocenters. The molecular weight excluding hydrogens is 476 g/mol. The molecule has 1 aliphatic heterocycles. The van der Waals surface area contributed by atoms with E-state index in [0.29, 0.717) is 50.6 Å². The van der Waals surface area contributed by atoms with E-state index in [1.807, 2.05) is 0 Å². The molecule has 9 nitrogen and oxygen atoms in total. The van der Waals surface area contributed by atoms with Gasteiger partial charge in [-0.2, -0.15) is 13.8 Å². The van der Waals surface area contributed by atoms with E-state index in [9.17, 15) is 27.1 Å². The highest BCUT2D eigenvalue weighted by atomic mass is 32.2. The van der Waals surface area contributed by atoms with Gasteiger partial charge < -0.3 is 10.4 Å². The Labute approximate surface area is 194 Å². The van der Waals surface area contributed by atoms with E-state index in [2.05, 4.69) is 15.3 Å². The highest BCUT2D eigenvalue weighted by Crippen LogP contribution is 2.40. The molecule has 2 fully saturated rings. The van der Waals surface area contributed by atoms with Crippen molar-refractivity contribution < 1.29 is 22.3 Å². The van der Waals surface area contributed by atoms with Gasteiger partial charge in [-0.1, -0.05) is 0 Å². The Kier molecular flexibility index (Phi) is 6.69. The van der Waals surface area contributed by atoms with Gasteiger partial charge in [-0.3, -0.25) is 9.36 Å². The van der Waals surface area contributed by atoms with Crippen LogP contribution in [-0.4, -0.2) is 69.1 Å². The van der Waals surface area contributed by atoms with Crippen molar-refractivity contribution >= 4 is 38.8 Å². The van der Waals surface area contributed by atoms with Crippen molar-refractivity contribution in [1.82, 2.24) is 18.8 Å². The van der Waals surface area contributed by atoms with Crippen LogP contribution < -0.4 is 10.9 Å². The predicted octanol–water partition coefficient (Wildman–Crippen LogP) is 2.42. The molecule has 0 aromatic carbocycles. The fourth-order valence-electron chi connectivity index (χ4n) is 4.69. The third-order valence-electron chi connectivity index (χ3n) is 6.40. The molecule has 0 bridgehead atoms. The average Bonchev–Trinajstić information content (AvgIpc) is 3.07. The maximum Gasteiger partial charge on any atom is 0.289 e. The number of pyridine rings is 1. The number of thioether (sulfide) groups is 1. The molecule has 2 N–H and O–H groups in total. The lowest BCUT2D eigenvalue weighted by Crippen LogP contribution is -2.42. The number of rotatable bonds is 6. The number of nitrogens with zero attached hydrogens (tertiary/aromatic N) is 4. The lowest BCUT2D eigenvalue weighted by molar-refractivity contribution is 0.0264. The molecule has 1 saturated heterocycles. The Hall–Kier alpha value is -1.83. The van der Waals surface area contributed by atoms with E-state index in [0.717, 1.165) is 0 Å². The van der Waals surface area contributed by atoms with Gasteiger partial charge in [0.15, 0.2) is 0 Å². The number of sulfonamides is 1. The van der Waals surface area contributed by atoms with Crippen molar-refractivity contribution in [3.8, 4) is 0 Å². The molecule has 0 radical (unpaired) electrons. The summed E-state index contributed by atoms with van der Waals surface area (Å²) in [6.45, 7) is 2.41. The molecule has 33 heavy (non-hydrogen) atoms. The van der Waals surface area contributed by atoms with Crippen molar-refractivity contribution in [3.05, 3.63) is 22.6 Å². The topological polar surface area (TPSA) is 117 Å². The van der Waals surface area contributed by atoms with Gasteiger partial charge in [0.1, 0.15) is 5.65 Å². The largest absolute Gasteiger partial charge is 0.388 e. The molecule has 3 heterocycles. The number of hydrogen-bond donors (Lipinski definition) is 2. The van der Waals surface area contributed by atoms with Gasteiger partial charge in [-0.15, -0.1) is 0 Å². The predicted molar refractivity (Wildman–Crippen MR) is 122 cm³/mol. The third-order valence-corrected chi connectivity index (χ3v) is 8.43. The van der Waals surface area contributed by atoms with Crippen LogP contribution in [-0.2, 0) is 10.0 Å². The van der Waals surface area contributed by atoms with Crippen molar-refractivity contribution in [2.45, 2.75) is 67.4 Å². The van der Waals surface area contributed by atoms with Crippen LogP contribution in [0.15, 0.2) is 22.0 Å². The molecule has 1 aliphatic carbocycles. The third kappa shape index (κ3) is 5.15. The summed E-state index contributed by atoms with van der Waals surface area (Å²) in [5.74, 6) is -2.49. The molecule has 2 aliphatic rings. The van der Waals surface area contributed by atoms with E-state index in [1.54, 1.807) is 6.92 Å². The van der Waals surface area contributed by atoms with Crippen LogP contribution in [0.1, 0.15) is 45.1 Å². The summed E-state index contributed by atoms with van der Waals surface area (Å²) < 4.78 is 52.3. The lowest BCUT2D eigenvalue weighted by Gasteiger charge is -2.31. The second-order valence-electron chi connectivity index (χ2n) is 8.88. The zero-order valence-electron chi connectivity index (χ0n) is 18.4. The molecule has 4 rings (SSSR count). The number of halogens is 2. The minimum atomic E-state index is -3.24. The normalized spacial score (nSPS) is 25.2. The summed E-state index contributed by atoms with van der Waals surface area (Å²) in [5, 5.41) is 14.5.